The number of hydrogen-bond donors (Lipinski definition) is 1. The second kappa shape index (κ2) is 7.69. The molecule has 0 aromatic heterocycles. The molecule has 2 unspecified atom stereocenters. The van der Waals surface area contributed by atoms with Crippen molar-refractivity contribution in [2.45, 2.75) is 52.6 Å². The summed E-state index contributed by atoms with van der Waals surface area (Å²) in [6.45, 7) is 5.99. The molecule has 1 N–H and O–H groups in total. The average molecular weight is 216 g/mol. The zero-order chi connectivity index (χ0) is 11.8. The minimum absolute atomic E-state index is 0.120. The Morgan fingerprint density at radius 3 is 2.33 bits per heavy atom. The van der Waals surface area contributed by atoms with Gasteiger partial charge in [-0.2, -0.15) is 0 Å². The highest BCUT2D eigenvalue weighted by atomic mass is 16.5. The summed E-state index contributed by atoms with van der Waals surface area (Å²) in [5.41, 5.74) is 0. The Labute approximate surface area is 92.8 Å². The molecule has 0 bridgehead atoms. The predicted octanol–water partition coefficient (Wildman–Crippen LogP) is 2.37. The second-order valence-corrected chi connectivity index (χ2v) is 4.36. The lowest BCUT2D eigenvalue weighted by atomic mass is 9.87. The number of carbonyl (C=O) groups excluding carboxylic acids is 1. The summed E-state index contributed by atoms with van der Waals surface area (Å²) in [6, 6.07) is 0. The maximum absolute atomic E-state index is 11.4. The van der Waals surface area contributed by atoms with Crippen molar-refractivity contribution in [3.05, 3.63) is 0 Å². The molecule has 3 nitrogen and oxygen atoms in total. The van der Waals surface area contributed by atoms with Gasteiger partial charge in [0.2, 0.25) is 0 Å². The number of esters is 1. The molecule has 0 saturated carbocycles. The fourth-order valence-corrected chi connectivity index (χ4v) is 1.79. The largest absolute Gasteiger partial charge is 0.469 e. The standard InChI is InChI=1S/C12H24O3/c1-5-6-7-8-10(13)11(9(2)3)12(14)15-4/h9-11,13H,5-8H2,1-4H3. The van der Waals surface area contributed by atoms with Crippen molar-refractivity contribution in [3.63, 3.8) is 0 Å². The Balaban J connectivity index is 4.17. The second-order valence-electron chi connectivity index (χ2n) is 4.36. The molecule has 0 aliphatic carbocycles. The summed E-state index contributed by atoms with van der Waals surface area (Å²) in [7, 11) is 1.37. The third kappa shape index (κ3) is 5.17. The van der Waals surface area contributed by atoms with Gasteiger partial charge in [0, 0.05) is 0 Å². The van der Waals surface area contributed by atoms with Crippen molar-refractivity contribution in [3.8, 4) is 0 Å². The summed E-state index contributed by atoms with van der Waals surface area (Å²) in [5.74, 6) is -0.560. The van der Waals surface area contributed by atoms with Crippen LogP contribution in [-0.2, 0) is 9.53 Å². The van der Waals surface area contributed by atoms with Crippen molar-refractivity contribution in [2.24, 2.45) is 11.8 Å². The van der Waals surface area contributed by atoms with Crippen LogP contribution in [0.2, 0.25) is 0 Å². The Bertz CT molecular complexity index is 178. The quantitative estimate of drug-likeness (QED) is 0.525. The number of aliphatic hydroxyl groups excluding tert-OH is 1. The molecular formula is C12H24O3. The Hall–Kier alpha value is -0.570. The van der Waals surface area contributed by atoms with Gasteiger partial charge in [-0.25, -0.2) is 0 Å². The predicted molar refractivity (Wildman–Crippen MR) is 60.5 cm³/mol. The van der Waals surface area contributed by atoms with E-state index in [0.717, 1.165) is 19.3 Å². The summed E-state index contributed by atoms with van der Waals surface area (Å²) in [6.07, 6.45) is 3.31. The van der Waals surface area contributed by atoms with Crippen molar-refractivity contribution < 1.29 is 14.6 Å². The van der Waals surface area contributed by atoms with Crippen LogP contribution in [0.3, 0.4) is 0 Å². The molecule has 90 valence electrons. The van der Waals surface area contributed by atoms with Crippen molar-refractivity contribution >= 4 is 5.97 Å². The van der Waals surface area contributed by atoms with Crippen LogP contribution < -0.4 is 0 Å². The van der Waals surface area contributed by atoms with Gasteiger partial charge in [-0.05, 0) is 12.3 Å². The van der Waals surface area contributed by atoms with E-state index >= 15 is 0 Å². The van der Waals surface area contributed by atoms with E-state index in [1.165, 1.54) is 7.11 Å². The van der Waals surface area contributed by atoms with Gasteiger partial charge in [-0.3, -0.25) is 4.79 Å². The molecule has 0 fully saturated rings. The molecule has 3 heteroatoms. The van der Waals surface area contributed by atoms with Crippen molar-refractivity contribution in [1.29, 1.82) is 0 Å². The van der Waals surface area contributed by atoms with E-state index < -0.39 is 6.10 Å². The number of ether oxygens (including phenoxy) is 1. The lowest BCUT2D eigenvalue weighted by molar-refractivity contribution is -0.151. The molecule has 0 amide bonds. The topological polar surface area (TPSA) is 46.5 Å². The van der Waals surface area contributed by atoms with Gasteiger partial charge < -0.3 is 9.84 Å². The highest BCUT2D eigenvalue weighted by Crippen LogP contribution is 2.21. The summed E-state index contributed by atoms with van der Waals surface area (Å²) >= 11 is 0. The van der Waals surface area contributed by atoms with E-state index in [4.69, 9.17) is 4.74 Å². The molecule has 0 rings (SSSR count). The Kier molecular flexibility index (Phi) is 7.39. The number of methoxy groups -OCH3 is 1. The van der Waals surface area contributed by atoms with Crippen LogP contribution >= 0.6 is 0 Å². The van der Waals surface area contributed by atoms with Crippen molar-refractivity contribution in [2.75, 3.05) is 7.11 Å². The van der Waals surface area contributed by atoms with Gasteiger partial charge in [-0.1, -0.05) is 40.0 Å². The van der Waals surface area contributed by atoms with Crippen LogP contribution in [0, 0.1) is 11.8 Å². The number of carbonyl (C=O) groups is 1. The van der Waals surface area contributed by atoms with E-state index in [1.807, 2.05) is 13.8 Å². The average Bonchev–Trinajstić information content (AvgIpc) is 2.17. The zero-order valence-corrected chi connectivity index (χ0v) is 10.3. The highest BCUT2D eigenvalue weighted by Gasteiger charge is 2.30. The van der Waals surface area contributed by atoms with Crippen LogP contribution in [0.25, 0.3) is 0 Å². The molecule has 15 heavy (non-hydrogen) atoms. The number of unbranched alkanes of at least 4 members (excludes halogenated alkanes) is 2. The zero-order valence-electron chi connectivity index (χ0n) is 10.3. The summed E-state index contributed by atoms with van der Waals surface area (Å²) in [5, 5.41) is 9.91. The van der Waals surface area contributed by atoms with Gasteiger partial charge in [0.05, 0.1) is 19.1 Å². The maximum atomic E-state index is 11.4. The monoisotopic (exact) mass is 216 g/mol. The molecular weight excluding hydrogens is 192 g/mol. The van der Waals surface area contributed by atoms with Crippen molar-refractivity contribution in [1.82, 2.24) is 0 Å². The maximum Gasteiger partial charge on any atom is 0.311 e. The lowest BCUT2D eigenvalue weighted by Gasteiger charge is -2.23. The molecule has 2 atom stereocenters. The SMILES string of the molecule is CCCCCC(O)C(C(=O)OC)C(C)C. The summed E-state index contributed by atoms with van der Waals surface area (Å²) in [4.78, 5) is 11.4. The molecule has 0 aliphatic rings. The Morgan fingerprint density at radius 2 is 1.93 bits per heavy atom. The first-order chi connectivity index (χ1) is 7.04. The van der Waals surface area contributed by atoms with Gasteiger partial charge in [0.1, 0.15) is 0 Å². The van der Waals surface area contributed by atoms with Gasteiger partial charge in [0.25, 0.3) is 0 Å². The highest BCUT2D eigenvalue weighted by molar-refractivity contribution is 5.73. The van der Waals surface area contributed by atoms with Crippen LogP contribution in [-0.4, -0.2) is 24.3 Å². The smallest absolute Gasteiger partial charge is 0.311 e. The van der Waals surface area contributed by atoms with Gasteiger partial charge in [-0.15, -0.1) is 0 Å². The fourth-order valence-electron chi connectivity index (χ4n) is 1.79. The number of aliphatic hydroxyl groups is 1. The molecule has 0 saturated heterocycles. The molecule has 0 aliphatic heterocycles. The van der Waals surface area contributed by atoms with E-state index in [9.17, 15) is 9.90 Å². The number of rotatable bonds is 7. The van der Waals surface area contributed by atoms with Gasteiger partial charge >= 0.3 is 5.97 Å². The Morgan fingerprint density at radius 1 is 1.33 bits per heavy atom. The van der Waals surface area contributed by atoms with Gasteiger partial charge in [0.15, 0.2) is 0 Å². The number of hydrogen-bond acceptors (Lipinski definition) is 3. The summed E-state index contributed by atoms with van der Waals surface area (Å²) < 4.78 is 4.70. The normalized spacial score (nSPS) is 15.1. The molecule has 0 heterocycles. The van der Waals surface area contributed by atoms with E-state index in [1.54, 1.807) is 0 Å². The first-order valence-electron chi connectivity index (χ1n) is 5.80. The fraction of sp³-hybridized carbons (Fsp3) is 0.917. The molecule has 0 aromatic rings. The molecule has 0 aromatic carbocycles. The molecule has 0 radical (unpaired) electrons. The minimum Gasteiger partial charge on any atom is -0.469 e. The first kappa shape index (κ1) is 14.4. The van der Waals surface area contributed by atoms with Crippen LogP contribution in [0.1, 0.15) is 46.5 Å². The lowest BCUT2D eigenvalue weighted by Crippen LogP contribution is -2.33. The van der Waals surface area contributed by atoms with E-state index in [-0.39, 0.29) is 17.8 Å². The van der Waals surface area contributed by atoms with E-state index in [0.29, 0.717) is 6.42 Å². The third-order valence-electron chi connectivity index (χ3n) is 2.71. The third-order valence-corrected chi connectivity index (χ3v) is 2.71. The van der Waals surface area contributed by atoms with Crippen LogP contribution in [0.5, 0.6) is 0 Å². The minimum atomic E-state index is -0.566. The van der Waals surface area contributed by atoms with Crippen LogP contribution in [0.4, 0.5) is 0 Å². The van der Waals surface area contributed by atoms with E-state index in [2.05, 4.69) is 6.92 Å². The van der Waals surface area contributed by atoms with Crippen LogP contribution in [0.15, 0.2) is 0 Å². The molecule has 0 spiro atoms. The first-order valence-corrected chi connectivity index (χ1v) is 5.80.